The van der Waals surface area contributed by atoms with Gasteiger partial charge >= 0.3 is 0 Å². The van der Waals surface area contributed by atoms with Crippen LogP contribution < -0.4 is 4.74 Å². The lowest BCUT2D eigenvalue weighted by atomic mass is 10.1. The third kappa shape index (κ3) is 1.76. The van der Waals surface area contributed by atoms with Crippen molar-refractivity contribution in [1.82, 2.24) is 0 Å². The zero-order valence-corrected chi connectivity index (χ0v) is 7.21. The van der Waals surface area contributed by atoms with Crippen LogP contribution in [0.2, 0.25) is 0 Å². The Balaban J connectivity index is 3.07. The van der Waals surface area contributed by atoms with E-state index in [2.05, 4.69) is 13.2 Å². The Morgan fingerprint density at radius 3 is 2.67 bits per heavy atom. The van der Waals surface area contributed by atoms with Crippen molar-refractivity contribution in [2.24, 2.45) is 0 Å². The molecule has 0 saturated carbocycles. The van der Waals surface area contributed by atoms with Crippen LogP contribution in [0.4, 0.5) is 0 Å². The summed E-state index contributed by atoms with van der Waals surface area (Å²) in [5.74, 6) is 0.806. The third-order valence-corrected chi connectivity index (χ3v) is 1.56. The van der Waals surface area contributed by atoms with Crippen LogP contribution in [0.3, 0.4) is 0 Å². The van der Waals surface area contributed by atoms with Gasteiger partial charge in [0.15, 0.2) is 0 Å². The van der Waals surface area contributed by atoms with E-state index in [9.17, 15) is 0 Å². The highest BCUT2D eigenvalue weighted by Gasteiger charge is 2.00. The first kappa shape index (κ1) is 8.60. The Hall–Kier alpha value is -1.50. The van der Waals surface area contributed by atoms with Gasteiger partial charge in [-0.15, -0.1) is 0 Å². The lowest BCUT2D eigenvalue weighted by molar-refractivity contribution is 0.482. The molecule has 0 amide bonds. The van der Waals surface area contributed by atoms with Gasteiger partial charge in [-0.05, 0) is 18.6 Å². The summed E-state index contributed by atoms with van der Waals surface area (Å²) < 4.78 is 5.20. The van der Waals surface area contributed by atoms with Gasteiger partial charge < -0.3 is 4.74 Å². The zero-order valence-electron chi connectivity index (χ0n) is 7.21. The predicted octanol–water partition coefficient (Wildman–Crippen LogP) is 3.24. The normalized spacial score (nSPS) is 9.08. The summed E-state index contributed by atoms with van der Waals surface area (Å²) in [6, 6.07) is 7.75. The van der Waals surface area contributed by atoms with Crippen LogP contribution in [0, 0.1) is 0 Å². The minimum Gasteiger partial charge on any atom is -0.465 e. The number of ether oxygens (including phenoxy) is 1. The van der Waals surface area contributed by atoms with Crippen LogP contribution in [-0.2, 0) is 0 Å². The highest BCUT2D eigenvalue weighted by atomic mass is 16.5. The largest absolute Gasteiger partial charge is 0.465 e. The number of allylic oxidation sites excluding steroid dienone is 1. The Labute approximate surface area is 73.0 Å². The zero-order chi connectivity index (χ0) is 8.97. The van der Waals surface area contributed by atoms with E-state index in [-0.39, 0.29) is 0 Å². The number of rotatable bonds is 3. The fourth-order valence-corrected chi connectivity index (χ4v) is 1.01. The molecule has 0 spiro atoms. The molecule has 0 aliphatic carbocycles. The van der Waals surface area contributed by atoms with E-state index in [0.717, 1.165) is 16.9 Å². The molecule has 1 nitrogen and oxygen atoms in total. The van der Waals surface area contributed by atoms with Gasteiger partial charge in [0.2, 0.25) is 0 Å². The van der Waals surface area contributed by atoms with E-state index in [4.69, 9.17) is 4.74 Å². The second kappa shape index (κ2) is 3.77. The molecule has 0 aliphatic heterocycles. The molecule has 62 valence electrons. The molecular formula is C11H12O. The quantitative estimate of drug-likeness (QED) is 0.617. The molecule has 0 atom stereocenters. The molecule has 1 rings (SSSR count). The van der Waals surface area contributed by atoms with Gasteiger partial charge in [-0.1, -0.05) is 31.4 Å². The maximum absolute atomic E-state index is 5.20. The Morgan fingerprint density at radius 1 is 1.42 bits per heavy atom. The van der Waals surface area contributed by atoms with Crippen LogP contribution in [0.15, 0.2) is 43.7 Å². The summed E-state index contributed by atoms with van der Waals surface area (Å²) in [5, 5.41) is 0. The van der Waals surface area contributed by atoms with Gasteiger partial charge in [-0.2, -0.15) is 0 Å². The van der Waals surface area contributed by atoms with E-state index < -0.39 is 0 Å². The number of hydrogen-bond acceptors (Lipinski definition) is 1. The van der Waals surface area contributed by atoms with E-state index in [1.54, 1.807) is 0 Å². The molecule has 1 heteroatoms. The van der Waals surface area contributed by atoms with E-state index >= 15 is 0 Å². The number of hydrogen-bond donors (Lipinski definition) is 0. The molecule has 0 aliphatic rings. The first-order valence-corrected chi connectivity index (χ1v) is 3.78. The Bertz CT molecular complexity index is 300. The monoisotopic (exact) mass is 160 g/mol. The van der Waals surface area contributed by atoms with Crippen molar-refractivity contribution in [1.29, 1.82) is 0 Å². The SMILES string of the molecule is C=COc1ccccc1C(=C)C. The highest BCUT2D eigenvalue weighted by Crippen LogP contribution is 2.24. The molecule has 0 saturated heterocycles. The molecule has 0 N–H and O–H groups in total. The summed E-state index contributed by atoms with van der Waals surface area (Å²) in [6.45, 7) is 9.31. The van der Waals surface area contributed by atoms with Gasteiger partial charge in [0.1, 0.15) is 5.75 Å². The minimum absolute atomic E-state index is 0.806. The molecule has 0 bridgehead atoms. The summed E-state index contributed by atoms with van der Waals surface area (Å²) in [5.41, 5.74) is 2.02. The first-order valence-electron chi connectivity index (χ1n) is 3.78. The van der Waals surface area contributed by atoms with Crippen molar-refractivity contribution in [3.63, 3.8) is 0 Å². The van der Waals surface area contributed by atoms with Crippen molar-refractivity contribution in [2.75, 3.05) is 0 Å². The van der Waals surface area contributed by atoms with Crippen molar-refractivity contribution < 1.29 is 4.74 Å². The van der Waals surface area contributed by atoms with E-state index in [0.29, 0.717) is 0 Å². The van der Waals surface area contributed by atoms with Gasteiger partial charge in [-0.25, -0.2) is 0 Å². The van der Waals surface area contributed by atoms with E-state index in [1.807, 2.05) is 31.2 Å². The molecule has 12 heavy (non-hydrogen) atoms. The van der Waals surface area contributed by atoms with Gasteiger partial charge in [0.05, 0.1) is 6.26 Å². The minimum atomic E-state index is 0.806. The summed E-state index contributed by atoms with van der Waals surface area (Å²) in [7, 11) is 0. The Kier molecular flexibility index (Phi) is 2.70. The lowest BCUT2D eigenvalue weighted by Gasteiger charge is -2.06. The predicted molar refractivity (Wildman–Crippen MR) is 52.0 cm³/mol. The summed E-state index contributed by atoms with van der Waals surface area (Å²) in [4.78, 5) is 0. The van der Waals surface area contributed by atoms with Crippen molar-refractivity contribution in [3.8, 4) is 5.75 Å². The van der Waals surface area contributed by atoms with Gasteiger partial charge in [0.25, 0.3) is 0 Å². The maximum atomic E-state index is 5.20. The van der Waals surface area contributed by atoms with Crippen molar-refractivity contribution >= 4 is 5.57 Å². The molecule has 0 unspecified atom stereocenters. The maximum Gasteiger partial charge on any atom is 0.133 e. The average Bonchev–Trinajstić information content (AvgIpc) is 2.05. The fraction of sp³-hybridized carbons (Fsp3) is 0.0909. The van der Waals surface area contributed by atoms with Gasteiger partial charge in [0, 0.05) is 5.56 Å². The molecule has 0 heterocycles. The van der Waals surface area contributed by atoms with Crippen LogP contribution in [0.5, 0.6) is 5.75 Å². The Morgan fingerprint density at radius 2 is 2.08 bits per heavy atom. The van der Waals surface area contributed by atoms with Crippen LogP contribution in [-0.4, -0.2) is 0 Å². The second-order valence-electron chi connectivity index (χ2n) is 2.56. The smallest absolute Gasteiger partial charge is 0.133 e. The number of benzene rings is 1. The highest BCUT2D eigenvalue weighted by molar-refractivity contribution is 5.67. The molecular weight excluding hydrogens is 148 g/mol. The van der Waals surface area contributed by atoms with Crippen LogP contribution in [0.25, 0.3) is 5.57 Å². The molecule has 1 aromatic rings. The van der Waals surface area contributed by atoms with E-state index in [1.165, 1.54) is 6.26 Å². The fourth-order valence-electron chi connectivity index (χ4n) is 1.01. The molecule has 0 fully saturated rings. The first-order chi connectivity index (χ1) is 5.75. The second-order valence-corrected chi connectivity index (χ2v) is 2.56. The lowest BCUT2D eigenvalue weighted by Crippen LogP contribution is -1.86. The third-order valence-electron chi connectivity index (χ3n) is 1.56. The standard InChI is InChI=1S/C11H12O/c1-4-12-11-8-6-5-7-10(11)9(2)3/h4-8H,1-2H2,3H3. The number of para-hydroxylation sites is 1. The molecule has 1 aromatic carbocycles. The van der Waals surface area contributed by atoms with Crippen molar-refractivity contribution in [2.45, 2.75) is 6.92 Å². The summed E-state index contributed by atoms with van der Waals surface area (Å²) in [6.07, 6.45) is 1.42. The van der Waals surface area contributed by atoms with Crippen LogP contribution in [0.1, 0.15) is 12.5 Å². The van der Waals surface area contributed by atoms with Crippen LogP contribution >= 0.6 is 0 Å². The van der Waals surface area contributed by atoms with Crippen molar-refractivity contribution in [3.05, 3.63) is 49.2 Å². The summed E-state index contributed by atoms with van der Waals surface area (Å²) >= 11 is 0. The van der Waals surface area contributed by atoms with Gasteiger partial charge in [-0.3, -0.25) is 0 Å². The molecule has 0 aromatic heterocycles. The average molecular weight is 160 g/mol. The molecule has 0 radical (unpaired) electrons. The topological polar surface area (TPSA) is 9.23 Å².